The number of hydrogen-bond donors (Lipinski definition) is 1. The molecule has 0 radical (unpaired) electrons. The quantitative estimate of drug-likeness (QED) is 0.815. The number of ether oxygens (including phenoxy) is 1. The Labute approximate surface area is 159 Å². The molecule has 1 atom stereocenters. The van der Waals surface area contributed by atoms with E-state index in [0.29, 0.717) is 37.2 Å². The minimum atomic E-state index is -3.80. The highest BCUT2D eigenvalue weighted by Crippen LogP contribution is 2.30. The van der Waals surface area contributed by atoms with Crippen molar-refractivity contribution in [2.24, 2.45) is 0 Å². The molecule has 0 spiro atoms. The van der Waals surface area contributed by atoms with Gasteiger partial charge in [-0.2, -0.15) is 4.31 Å². The summed E-state index contributed by atoms with van der Waals surface area (Å²) in [5.74, 6) is 0.186. The molecule has 0 saturated carbocycles. The summed E-state index contributed by atoms with van der Waals surface area (Å²) >= 11 is 0. The summed E-state index contributed by atoms with van der Waals surface area (Å²) in [5.41, 5.74) is 1.54. The topological polar surface area (TPSA) is 88.6 Å². The SMILES string of the molecule is COc1ccc(C)c(S(=O)(=O)N2CCC[C@H]2C(=O)NCc2ccncc2)c1. The zero-order chi connectivity index (χ0) is 19.4. The first-order valence-corrected chi connectivity index (χ1v) is 10.2. The molecule has 1 fully saturated rings. The van der Waals surface area contributed by atoms with Gasteiger partial charge in [-0.3, -0.25) is 9.78 Å². The summed E-state index contributed by atoms with van der Waals surface area (Å²) in [4.78, 5) is 16.8. The van der Waals surface area contributed by atoms with E-state index in [4.69, 9.17) is 4.74 Å². The summed E-state index contributed by atoms with van der Waals surface area (Å²) in [6.45, 7) is 2.40. The Balaban J connectivity index is 1.79. The fourth-order valence-electron chi connectivity index (χ4n) is 3.21. The van der Waals surface area contributed by atoms with E-state index in [1.807, 2.05) is 12.1 Å². The molecule has 0 bridgehead atoms. The number of hydrogen-bond acceptors (Lipinski definition) is 5. The van der Waals surface area contributed by atoms with Gasteiger partial charge < -0.3 is 10.1 Å². The monoisotopic (exact) mass is 389 g/mol. The lowest BCUT2D eigenvalue weighted by molar-refractivity contribution is -0.124. The van der Waals surface area contributed by atoms with Crippen molar-refractivity contribution >= 4 is 15.9 Å². The fraction of sp³-hybridized carbons (Fsp3) is 0.368. The third-order valence-electron chi connectivity index (χ3n) is 4.70. The number of aromatic nitrogens is 1. The van der Waals surface area contributed by atoms with Gasteiger partial charge in [0.1, 0.15) is 11.8 Å². The second kappa shape index (κ2) is 8.06. The van der Waals surface area contributed by atoms with Gasteiger partial charge in [0.2, 0.25) is 15.9 Å². The lowest BCUT2D eigenvalue weighted by atomic mass is 10.2. The average molecular weight is 389 g/mol. The second-order valence-corrected chi connectivity index (χ2v) is 8.34. The van der Waals surface area contributed by atoms with Gasteiger partial charge in [-0.05, 0) is 49.1 Å². The first-order chi connectivity index (χ1) is 12.9. The highest BCUT2D eigenvalue weighted by molar-refractivity contribution is 7.89. The minimum absolute atomic E-state index is 0.177. The molecule has 1 aromatic carbocycles. The van der Waals surface area contributed by atoms with E-state index in [1.54, 1.807) is 31.5 Å². The molecule has 8 heteroatoms. The van der Waals surface area contributed by atoms with Crippen LogP contribution in [0.5, 0.6) is 5.75 Å². The number of pyridine rings is 1. The molecule has 1 amide bonds. The summed E-state index contributed by atoms with van der Waals surface area (Å²) in [6.07, 6.45) is 4.46. The van der Waals surface area contributed by atoms with Crippen LogP contribution in [0.4, 0.5) is 0 Å². The van der Waals surface area contributed by atoms with Crippen LogP contribution in [0, 0.1) is 6.92 Å². The summed E-state index contributed by atoms with van der Waals surface area (Å²) in [5, 5.41) is 2.83. The van der Waals surface area contributed by atoms with Crippen molar-refractivity contribution in [1.82, 2.24) is 14.6 Å². The number of aryl methyl sites for hydroxylation is 1. The fourth-order valence-corrected chi connectivity index (χ4v) is 5.11. The van der Waals surface area contributed by atoms with Gasteiger partial charge in [-0.15, -0.1) is 0 Å². The number of carbonyl (C=O) groups is 1. The first kappa shape index (κ1) is 19.3. The summed E-state index contributed by atoms with van der Waals surface area (Å²) in [7, 11) is -2.30. The van der Waals surface area contributed by atoms with Crippen molar-refractivity contribution in [1.29, 1.82) is 0 Å². The molecule has 1 aromatic heterocycles. The highest BCUT2D eigenvalue weighted by Gasteiger charge is 2.40. The van der Waals surface area contributed by atoms with E-state index in [2.05, 4.69) is 10.3 Å². The van der Waals surface area contributed by atoms with Gasteiger partial charge >= 0.3 is 0 Å². The summed E-state index contributed by atoms with van der Waals surface area (Å²) < 4.78 is 32.9. The standard InChI is InChI=1S/C19H23N3O4S/c1-14-5-6-16(26-2)12-18(14)27(24,25)22-11-3-4-17(22)19(23)21-13-15-7-9-20-10-8-15/h5-10,12,17H,3-4,11,13H2,1-2H3,(H,21,23)/t17-/m0/s1. The molecular formula is C19H23N3O4S. The zero-order valence-electron chi connectivity index (χ0n) is 15.4. The number of carbonyl (C=O) groups excluding carboxylic acids is 1. The minimum Gasteiger partial charge on any atom is -0.497 e. The number of rotatable bonds is 6. The van der Waals surface area contributed by atoms with Crippen LogP contribution in [0.15, 0.2) is 47.6 Å². The van der Waals surface area contributed by atoms with E-state index >= 15 is 0 Å². The molecule has 27 heavy (non-hydrogen) atoms. The van der Waals surface area contributed by atoms with Gasteiger partial charge in [0.05, 0.1) is 12.0 Å². The highest BCUT2D eigenvalue weighted by atomic mass is 32.2. The molecule has 1 aliphatic rings. The van der Waals surface area contributed by atoms with Crippen LogP contribution in [0.1, 0.15) is 24.0 Å². The van der Waals surface area contributed by atoms with E-state index in [9.17, 15) is 13.2 Å². The van der Waals surface area contributed by atoms with Crippen molar-refractivity contribution < 1.29 is 17.9 Å². The maximum atomic E-state index is 13.2. The maximum Gasteiger partial charge on any atom is 0.244 e. The largest absolute Gasteiger partial charge is 0.497 e. The molecule has 7 nitrogen and oxygen atoms in total. The van der Waals surface area contributed by atoms with Crippen molar-refractivity contribution in [3.8, 4) is 5.75 Å². The third kappa shape index (κ3) is 4.12. The van der Waals surface area contributed by atoms with Crippen LogP contribution in [0.2, 0.25) is 0 Å². The number of benzene rings is 1. The molecule has 1 aliphatic heterocycles. The van der Waals surface area contributed by atoms with Crippen LogP contribution in [-0.2, 0) is 21.4 Å². The molecule has 1 saturated heterocycles. The smallest absolute Gasteiger partial charge is 0.244 e. The summed E-state index contributed by atoms with van der Waals surface area (Å²) in [6, 6.07) is 7.85. The zero-order valence-corrected chi connectivity index (χ0v) is 16.2. The Hall–Kier alpha value is -2.45. The van der Waals surface area contributed by atoms with Crippen LogP contribution >= 0.6 is 0 Å². The second-order valence-electron chi connectivity index (χ2n) is 6.48. The Morgan fingerprint density at radius 3 is 2.74 bits per heavy atom. The van der Waals surface area contributed by atoms with E-state index in [0.717, 1.165) is 5.56 Å². The Morgan fingerprint density at radius 1 is 1.30 bits per heavy atom. The molecular weight excluding hydrogens is 366 g/mol. The number of methoxy groups -OCH3 is 1. The van der Waals surface area contributed by atoms with Crippen LogP contribution < -0.4 is 10.1 Å². The Kier molecular flexibility index (Phi) is 5.76. The average Bonchev–Trinajstić information content (AvgIpc) is 3.18. The van der Waals surface area contributed by atoms with E-state index in [1.165, 1.54) is 17.5 Å². The van der Waals surface area contributed by atoms with Gasteiger partial charge in [0.25, 0.3) is 0 Å². The van der Waals surface area contributed by atoms with Crippen molar-refractivity contribution in [2.45, 2.75) is 37.2 Å². The van der Waals surface area contributed by atoms with Gasteiger partial charge in [-0.25, -0.2) is 8.42 Å². The number of nitrogens with zero attached hydrogens (tertiary/aromatic N) is 2. The maximum absolute atomic E-state index is 13.2. The molecule has 3 rings (SSSR count). The molecule has 0 unspecified atom stereocenters. The first-order valence-electron chi connectivity index (χ1n) is 8.76. The Bertz CT molecular complexity index is 916. The van der Waals surface area contributed by atoms with Crippen LogP contribution in [0.3, 0.4) is 0 Å². The van der Waals surface area contributed by atoms with Crippen LogP contribution in [0.25, 0.3) is 0 Å². The van der Waals surface area contributed by atoms with Gasteiger partial charge in [0.15, 0.2) is 0 Å². The predicted octanol–water partition coefficient (Wildman–Crippen LogP) is 1.87. The third-order valence-corrected chi connectivity index (χ3v) is 6.75. The van der Waals surface area contributed by atoms with E-state index < -0.39 is 16.1 Å². The number of sulfonamides is 1. The number of nitrogens with one attached hydrogen (secondary N) is 1. The van der Waals surface area contributed by atoms with E-state index in [-0.39, 0.29) is 10.8 Å². The van der Waals surface area contributed by atoms with Crippen molar-refractivity contribution in [2.75, 3.05) is 13.7 Å². The lowest BCUT2D eigenvalue weighted by Crippen LogP contribution is -2.45. The molecule has 2 heterocycles. The molecule has 1 N–H and O–H groups in total. The molecule has 144 valence electrons. The predicted molar refractivity (Wildman–Crippen MR) is 101 cm³/mol. The molecule has 0 aliphatic carbocycles. The number of amides is 1. The lowest BCUT2D eigenvalue weighted by Gasteiger charge is -2.24. The van der Waals surface area contributed by atoms with Crippen molar-refractivity contribution in [3.63, 3.8) is 0 Å². The molecule has 2 aromatic rings. The Morgan fingerprint density at radius 2 is 2.04 bits per heavy atom. The van der Waals surface area contributed by atoms with Crippen LogP contribution in [-0.4, -0.2) is 43.3 Å². The normalized spacial score (nSPS) is 17.6. The van der Waals surface area contributed by atoms with Gasteiger partial charge in [0, 0.05) is 31.5 Å². The van der Waals surface area contributed by atoms with Gasteiger partial charge in [-0.1, -0.05) is 6.07 Å². The van der Waals surface area contributed by atoms with Crippen molar-refractivity contribution in [3.05, 3.63) is 53.9 Å².